The van der Waals surface area contributed by atoms with Crippen molar-refractivity contribution in [2.75, 3.05) is 0 Å². The summed E-state index contributed by atoms with van der Waals surface area (Å²) in [4.78, 5) is 18.6. The molecule has 0 bridgehead atoms. The van der Waals surface area contributed by atoms with Gasteiger partial charge < -0.3 is 4.74 Å². The van der Waals surface area contributed by atoms with Crippen molar-refractivity contribution in [3.63, 3.8) is 0 Å². The van der Waals surface area contributed by atoms with Crippen molar-refractivity contribution in [1.82, 2.24) is 20.2 Å². The molecule has 0 aliphatic rings. The van der Waals surface area contributed by atoms with Crippen molar-refractivity contribution in [3.05, 3.63) is 42.2 Å². The van der Waals surface area contributed by atoms with Gasteiger partial charge >= 0.3 is 11.9 Å². The van der Waals surface area contributed by atoms with Crippen LogP contribution in [0.1, 0.15) is 23.1 Å². The van der Waals surface area contributed by atoms with E-state index in [0.717, 1.165) is 19.3 Å². The van der Waals surface area contributed by atoms with E-state index >= 15 is 0 Å². The Balaban J connectivity index is 2.11. The van der Waals surface area contributed by atoms with Crippen LogP contribution in [0, 0.1) is 0 Å². The van der Waals surface area contributed by atoms with Crippen LogP contribution in [-0.2, 0) is 10.7 Å². The predicted octanol–water partition coefficient (Wildman–Crippen LogP) is 1.54. The summed E-state index contributed by atoms with van der Waals surface area (Å²) in [5.41, 5.74) is -0.554. The van der Waals surface area contributed by atoms with E-state index in [9.17, 15) is 13.6 Å². The summed E-state index contributed by atoms with van der Waals surface area (Å²) in [6, 6.07) is 1.33. The zero-order chi connectivity index (χ0) is 13.9. The maximum Gasteiger partial charge on any atom is 0.356 e. The number of hydrogen-bond acceptors (Lipinski definition) is 5. The predicted molar refractivity (Wildman–Crippen MR) is 59.4 cm³/mol. The number of aromatic nitrogens is 4. The molecule has 8 heteroatoms. The molecule has 2 aromatic heterocycles. The van der Waals surface area contributed by atoms with Crippen LogP contribution in [0.25, 0.3) is 0 Å². The smallest absolute Gasteiger partial charge is 0.356 e. The van der Waals surface area contributed by atoms with Crippen LogP contribution in [0.3, 0.4) is 0 Å². The van der Waals surface area contributed by atoms with Crippen LogP contribution in [0.4, 0.5) is 8.78 Å². The lowest BCUT2D eigenvalue weighted by Gasteiger charge is -2.22. The van der Waals surface area contributed by atoms with Gasteiger partial charge in [0.2, 0.25) is 0 Å². The average molecular weight is 268 g/mol. The van der Waals surface area contributed by atoms with Gasteiger partial charge in [-0.25, -0.2) is 4.79 Å². The van der Waals surface area contributed by atoms with Gasteiger partial charge in [-0.2, -0.15) is 13.9 Å². The summed E-state index contributed by atoms with van der Waals surface area (Å²) in [6.45, 7) is 1.09. The van der Waals surface area contributed by atoms with Crippen LogP contribution in [0.2, 0.25) is 0 Å². The third-order valence-electron chi connectivity index (χ3n) is 2.42. The number of nitrogens with zero attached hydrogens (tertiary/aromatic N) is 3. The van der Waals surface area contributed by atoms with E-state index in [0.29, 0.717) is 0 Å². The largest absolute Gasteiger partial charge is 0.451 e. The minimum Gasteiger partial charge on any atom is -0.451 e. The average Bonchev–Trinajstić information content (AvgIpc) is 2.93. The first-order valence-corrected chi connectivity index (χ1v) is 5.36. The fraction of sp³-hybridized carbons (Fsp3) is 0.273. The summed E-state index contributed by atoms with van der Waals surface area (Å²) < 4.78 is 32.6. The fourth-order valence-electron chi connectivity index (χ4n) is 1.35. The molecule has 0 saturated carbocycles. The molecule has 1 N–H and O–H groups in total. The van der Waals surface area contributed by atoms with Crippen LogP contribution >= 0.6 is 0 Å². The van der Waals surface area contributed by atoms with E-state index in [1.54, 1.807) is 0 Å². The van der Waals surface area contributed by atoms with Gasteiger partial charge in [-0.1, -0.05) is 0 Å². The number of ether oxygens (including phenoxy) is 1. The Labute approximate surface area is 106 Å². The molecule has 0 radical (unpaired) electrons. The van der Waals surface area contributed by atoms with Crippen LogP contribution < -0.4 is 0 Å². The Hall–Kier alpha value is -2.38. The van der Waals surface area contributed by atoms with Crippen molar-refractivity contribution in [3.8, 4) is 0 Å². The van der Waals surface area contributed by atoms with Gasteiger partial charge in [0.05, 0.1) is 6.20 Å². The molecule has 2 rings (SSSR count). The van der Waals surface area contributed by atoms with Crippen LogP contribution in [0.15, 0.2) is 30.9 Å². The maximum absolute atomic E-state index is 13.9. The highest BCUT2D eigenvalue weighted by Gasteiger charge is 2.43. The number of carbonyl (C=O) groups excluding carboxylic acids is 1. The van der Waals surface area contributed by atoms with E-state index in [2.05, 4.69) is 24.9 Å². The molecule has 1 atom stereocenters. The lowest BCUT2D eigenvalue weighted by atomic mass is 10.1. The quantitative estimate of drug-likeness (QED) is 0.850. The standard InChI is InChI=1S/C11H10F2N4O2/c1-7(19-10(18)8-2-3-16-17-8)11(12,13)9-6-14-4-5-15-9/h2-7H,1H3,(H,16,17). The number of nitrogens with one attached hydrogen (secondary N) is 1. The molecule has 1 unspecified atom stereocenters. The lowest BCUT2D eigenvalue weighted by molar-refractivity contribution is -0.116. The van der Waals surface area contributed by atoms with Gasteiger partial charge in [-0.3, -0.25) is 15.1 Å². The highest BCUT2D eigenvalue weighted by atomic mass is 19.3. The number of hydrogen-bond donors (Lipinski definition) is 1. The first kappa shape index (κ1) is 13.1. The summed E-state index contributed by atoms with van der Waals surface area (Å²) >= 11 is 0. The molecule has 0 aromatic carbocycles. The summed E-state index contributed by atoms with van der Waals surface area (Å²) in [7, 11) is 0. The Bertz CT molecular complexity index is 545. The Morgan fingerprint density at radius 1 is 1.42 bits per heavy atom. The molecule has 2 heterocycles. The second kappa shape index (κ2) is 5.09. The van der Waals surface area contributed by atoms with Gasteiger partial charge in [0.15, 0.2) is 6.10 Å². The second-order valence-corrected chi connectivity index (χ2v) is 3.73. The van der Waals surface area contributed by atoms with Crippen molar-refractivity contribution >= 4 is 5.97 Å². The monoisotopic (exact) mass is 268 g/mol. The molecule has 0 aliphatic carbocycles. The van der Waals surface area contributed by atoms with Crippen molar-refractivity contribution < 1.29 is 18.3 Å². The lowest BCUT2D eigenvalue weighted by Crippen LogP contribution is -2.34. The molecule has 0 amide bonds. The number of H-pyrrole nitrogens is 1. The van der Waals surface area contributed by atoms with Crippen molar-refractivity contribution in [2.45, 2.75) is 19.0 Å². The molecule has 2 aromatic rings. The van der Waals surface area contributed by atoms with Gasteiger partial charge in [0, 0.05) is 18.6 Å². The molecule has 0 aliphatic heterocycles. The SMILES string of the molecule is CC(OC(=O)c1ccn[nH]1)C(F)(F)c1cnccn1. The van der Waals surface area contributed by atoms with Crippen LogP contribution in [-0.4, -0.2) is 32.2 Å². The normalized spacial score (nSPS) is 13.0. The van der Waals surface area contributed by atoms with Gasteiger partial charge in [0.1, 0.15) is 11.4 Å². The Morgan fingerprint density at radius 3 is 2.79 bits per heavy atom. The topological polar surface area (TPSA) is 80.8 Å². The number of halogens is 2. The number of rotatable bonds is 4. The number of alkyl halides is 2. The van der Waals surface area contributed by atoms with Crippen molar-refractivity contribution in [1.29, 1.82) is 0 Å². The van der Waals surface area contributed by atoms with Gasteiger partial charge in [-0.05, 0) is 13.0 Å². The highest BCUT2D eigenvalue weighted by Crippen LogP contribution is 2.31. The minimum absolute atomic E-state index is 0.00166. The van der Waals surface area contributed by atoms with E-state index in [-0.39, 0.29) is 5.69 Å². The third-order valence-corrected chi connectivity index (χ3v) is 2.42. The maximum atomic E-state index is 13.9. The highest BCUT2D eigenvalue weighted by molar-refractivity contribution is 5.87. The fourth-order valence-corrected chi connectivity index (χ4v) is 1.35. The van der Waals surface area contributed by atoms with E-state index in [1.807, 2.05) is 0 Å². The third kappa shape index (κ3) is 2.72. The Morgan fingerprint density at radius 2 is 2.21 bits per heavy atom. The zero-order valence-electron chi connectivity index (χ0n) is 9.88. The van der Waals surface area contributed by atoms with Crippen LogP contribution in [0.5, 0.6) is 0 Å². The molecule has 100 valence electrons. The summed E-state index contributed by atoms with van der Waals surface area (Å²) in [5.74, 6) is -4.34. The number of carbonyl (C=O) groups is 1. The summed E-state index contributed by atoms with van der Waals surface area (Å²) in [5, 5.41) is 5.87. The zero-order valence-corrected chi connectivity index (χ0v) is 9.88. The van der Waals surface area contributed by atoms with E-state index in [1.165, 1.54) is 18.5 Å². The van der Waals surface area contributed by atoms with Crippen molar-refractivity contribution in [2.24, 2.45) is 0 Å². The second-order valence-electron chi connectivity index (χ2n) is 3.73. The first-order chi connectivity index (χ1) is 9.01. The number of aromatic amines is 1. The molecule has 0 fully saturated rings. The molecular weight excluding hydrogens is 258 g/mol. The number of esters is 1. The molecule has 19 heavy (non-hydrogen) atoms. The van der Waals surface area contributed by atoms with E-state index < -0.39 is 23.7 Å². The first-order valence-electron chi connectivity index (χ1n) is 5.36. The summed E-state index contributed by atoms with van der Waals surface area (Å²) in [6.07, 6.45) is 3.00. The molecular formula is C11H10F2N4O2. The van der Waals surface area contributed by atoms with Gasteiger partial charge in [0.25, 0.3) is 0 Å². The minimum atomic E-state index is -3.43. The van der Waals surface area contributed by atoms with Gasteiger partial charge in [-0.15, -0.1) is 0 Å². The Kier molecular flexibility index (Phi) is 3.50. The van der Waals surface area contributed by atoms with E-state index in [4.69, 9.17) is 0 Å². The molecule has 0 spiro atoms. The molecule has 0 saturated heterocycles. The molecule has 6 nitrogen and oxygen atoms in total.